The topological polar surface area (TPSA) is 57.2 Å². The maximum Gasteiger partial charge on any atom is 0.120 e. The average molecular weight is 177 g/mol. The van der Waals surface area contributed by atoms with Crippen LogP contribution in [0.3, 0.4) is 0 Å². The van der Waals surface area contributed by atoms with Crippen molar-refractivity contribution in [3.8, 4) is 0 Å². The second-order valence-corrected chi connectivity index (χ2v) is 3.72. The van der Waals surface area contributed by atoms with E-state index in [0.29, 0.717) is 19.3 Å². The van der Waals surface area contributed by atoms with Crippen LogP contribution in [0, 0.1) is 0 Å². The van der Waals surface area contributed by atoms with E-state index in [0.717, 1.165) is 0 Å². The Hall–Kier alpha value is -0.350. The van der Waals surface area contributed by atoms with E-state index in [-0.39, 0.29) is 4.91 Å². The van der Waals surface area contributed by atoms with Crippen LogP contribution in [-0.4, -0.2) is 13.0 Å². The minimum Gasteiger partial charge on any atom is -0.744 e. The van der Waals surface area contributed by atoms with E-state index < -0.39 is 10.1 Å². The predicted octanol–water partition coefficient (Wildman–Crippen LogP) is 1.63. The third kappa shape index (κ3) is 4.16. The van der Waals surface area contributed by atoms with Gasteiger partial charge < -0.3 is 4.55 Å². The lowest BCUT2D eigenvalue weighted by Gasteiger charge is -2.09. The maximum absolute atomic E-state index is 10.5. The van der Waals surface area contributed by atoms with Crippen molar-refractivity contribution in [2.45, 2.75) is 33.1 Å². The second kappa shape index (κ2) is 4.51. The first-order valence-electron chi connectivity index (χ1n) is 3.67. The SMILES string of the molecule is CC/C=C(/CCC)S(=O)(=O)[O-]. The van der Waals surface area contributed by atoms with Crippen LogP contribution in [-0.2, 0) is 10.1 Å². The van der Waals surface area contributed by atoms with Gasteiger partial charge in [-0.25, -0.2) is 8.42 Å². The lowest BCUT2D eigenvalue weighted by molar-refractivity contribution is 0.468. The Kier molecular flexibility index (Phi) is 4.37. The van der Waals surface area contributed by atoms with Crippen LogP contribution in [0.1, 0.15) is 33.1 Å². The average Bonchev–Trinajstić information content (AvgIpc) is 1.85. The van der Waals surface area contributed by atoms with E-state index in [1.807, 2.05) is 6.92 Å². The second-order valence-electron chi connectivity index (χ2n) is 2.28. The first kappa shape index (κ1) is 10.7. The van der Waals surface area contributed by atoms with Gasteiger partial charge in [0.05, 0.1) is 0 Å². The van der Waals surface area contributed by atoms with Crippen molar-refractivity contribution in [3.63, 3.8) is 0 Å². The predicted molar refractivity (Wildman–Crippen MR) is 43.0 cm³/mol. The lowest BCUT2D eigenvalue weighted by Crippen LogP contribution is -2.01. The minimum absolute atomic E-state index is 0.0301. The molecule has 0 aliphatic rings. The van der Waals surface area contributed by atoms with Crippen molar-refractivity contribution >= 4 is 10.1 Å². The van der Waals surface area contributed by atoms with Crippen LogP contribution < -0.4 is 0 Å². The highest BCUT2D eigenvalue weighted by Gasteiger charge is 2.02. The van der Waals surface area contributed by atoms with Gasteiger partial charge in [-0.3, -0.25) is 0 Å². The molecule has 0 heterocycles. The van der Waals surface area contributed by atoms with Gasteiger partial charge in [0.1, 0.15) is 10.1 Å². The van der Waals surface area contributed by atoms with Crippen molar-refractivity contribution in [2.24, 2.45) is 0 Å². The Morgan fingerprint density at radius 2 is 2.00 bits per heavy atom. The van der Waals surface area contributed by atoms with E-state index in [1.54, 1.807) is 6.92 Å². The quantitative estimate of drug-likeness (QED) is 0.613. The van der Waals surface area contributed by atoms with E-state index in [2.05, 4.69) is 0 Å². The largest absolute Gasteiger partial charge is 0.744 e. The van der Waals surface area contributed by atoms with Gasteiger partial charge in [-0.05, 0) is 12.8 Å². The van der Waals surface area contributed by atoms with Crippen LogP contribution >= 0.6 is 0 Å². The molecule has 0 spiro atoms. The Labute approximate surface area is 67.9 Å². The van der Waals surface area contributed by atoms with E-state index >= 15 is 0 Å². The van der Waals surface area contributed by atoms with Gasteiger partial charge in [-0.15, -0.1) is 0 Å². The van der Waals surface area contributed by atoms with E-state index in [4.69, 9.17) is 0 Å². The summed E-state index contributed by atoms with van der Waals surface area (Å²) >= 11 is 0. The molecule has 0 bridgehead atoms. The molecule has 0 aliphatic heterocycles. The molecular weight excluding hydrogens is 164 g/mol. The summed E-state index contributed by atoms with van der Waals surface area (Å²) in [5, 5.41) is 0. The summed E-state index contributed by atoms with van der Waals surface area (Å²) in [5.41, 5.74) is 0. The van der Waals surface area contributed by atoms with Gasteiger partial charge in [-0.1, -0.05) is 26.3 Å². The first-order valence-corrected chi connectivity index (χ1v) is 5.08. The standard InChI is InChI=1S/C7H14O3S/c1-3-5-7(6-4-2)11(8,9)10/h5H,3-4,6H2,1-2H3,(H,8,9,10)/p-1/b7-5-. The molecule has 0 rings (SSSR count). The zero-order valence-electron chi connectivity index (χ0n) is 6.83. The van der Waals surface area contributed by atoms with Gasteiger partial charge in [0, 0.05) is 4.91 Å². The van der Waals surface area contributed by atoms with Gasteiger partial charge >= 0.3 is 0 Å². The molecule has 0 atom stereocenters. The summed E-state index contributed by atoms with van der Waals surface area (Å²) in [5.74, 6) is 0. The van der Waals surface area contributed by atoms with Gasteiger partial charge in [-0.2, -0.15) is 0 Å². The van der Waals surface area contributed by atoms with Crippen LogP contribution in [0.5, 0.6) is 0 Å². The number of hydrogen-bond acceptors (Lipinski definition) is 3. The molecule has 0 unspecified atom stereocenters. The molecule has 0 aromatic carbocycles. The molecule has 0 saturated carbocycles. The van der Waals surface area contributed by atoms with Gasteiger partial charge in [0.15, 0.2) is 0 Å². The summed E-state index contributed by atoms with van der Waals surface area (Å²) in [6.07, 6.45) is 3.12. The fourth-order valence-corrected chi connectivity index (χ4v) is 1.63. The Morgan fingerprint density at radius 1 is 1.45 bits per heavy atom. The third-order valence-electron chi connectivity index (χ3n) is 1.25. The molecule has 0 amide bonds. The molecule has 11 heavy (non-hydrogen) atoms. The van der Waals surface area contributed by atoms with Crippen LogP contribution in [0.2, 0.25) is 0 Å². The van der Waals surface area contributed by atoms with Gasteiger partial charge in [0.25, 0.3) is 0 Å². The smallest absolute Gasteiger partial charge is 0.120 e. The molecular formula is C7H13O3S-. The number of hydrogen-bond donors (Lipinski definition) is 0. The Balaban J connectivity index is 4.49. The monoisotopic (exact) mass is 177 g/mol. The molecule has 0 saturated heterocycles. The maximum atomic E-state index is 10.5. The molecule has 3 nitrogen and oxygen atoms in total. The Bertz CT molecular complexity index is 226. The van der Waals surface area contributed by atoms with Crippen LogP contribution in [0.4, 0.5) is 0 Å². The summed E-state index contributed by atoms with van der Waals surface area (Å²) in [6, 6.07) is 0. The zero-order valence-corrected chi connectivity index (χ0v) is 7.65. The van der Waals surface area contributed by atoms with E-state index in [9.17, 15) is 13.0 Å². The van der Waals surface area contributed by atoms with Crippen molar-refractivity contribution in [1.82, 2.24) is 0 Å². The Morgan fingerprint density at radius 3 is 2.27 bits per heavy atom. The summed E-state index contributed by atoms with van der Waals surface area (Å²) < 4.78 is 31.5. The van der Waals surface area contributed by atoms with Crippen molar-refractivity contribution in [3.05, 3.63) is 11.0 Å². The van der Waals surface area contributed by atoms with Crippen LogP contribution in [0.15, 0.2) is 11.0 Å². The van der Waals surface area contributed by atoms with Gasteiger partial charge in [0.2, 0.25) is 0 Å². The van der Waals surface area contributed by atoms with Crippen molar-refractivity contribution < 1.29 is 13.0 Å². The molecule has 4 heteroatoms. The number of allylic oxidation sites excluding steroid dienone is 2. The molecule has 0 aromatic heterocycles. The first-order chi connectivity index (χ1) is 5.02. The highest BCUT2D eigenvalue weighted by molar-refractivity contribution is 7.89. The fourth-order valence-electron chi connectivity index (χ4n) is 0.803. The lowest BCUT2D eigenvalue weighted by atomic mass is 10.3. The highest BCUT2D eigenvalue weighted by Crippen LogP contribution is 2.11. The van der Waals surface area contributed by atoms with Crippen LogP contribution in [0.25, 0.3) is 0 Å². The molecule has 0 N–H and O–H groups in total. The zero-order chi connectivity index (χ0) is 8.91. The molecule has 0 aromatic rings. The summed E-state index contributed by atoms with van der Waals surface area (Å²) in [7, 11) is -4.18. The van der Waals surface area contributed by atoms with Crippen molar-refractivity contribution in [1.29, 1.82) is 0 Å². The minimum atomic E-state index is -4.18. The molecule has 0 radical (unpaired) electrons. The van der Waals surface area contributed by atoms with Crippen molar-refractivity contribution in [2.75, 3.05) is 0 Å². The summed E-state index contributed by atoms with van der Waals surface area (Å²) in [6.45, 7) is 3.65. The normalized spacial score (nSPS) is 13.5. The highest BCUT2D eigenvalue weighted by atomic mass is 32.2. The number of rotatable bonds is 4. The molecule has 0 aliphatic carbocycles. The molecule has 0 fully saturated rings. The summed E-state index contributed by atoms with van der Waals surface area (Å²) in [4.78, 5) is 0.0301. The van der Waals surface area contributed by atoms with E-state index in [1.165, 1.54) is 6.08 Å². The third-order valence-corrected chi connectivity index (χ3v) is 2.26. The fraction of sp³-hybridized carbons (Fsp3) is 0.714. The molecule has 66 valence electrons.